The van der Waals surface area contributed by atoms with Gasteiger partial charge in [0.15, 0.2) is 0 Å². The summed E-state index contributed by atoms with van der Waals surface area (Å²) in [5, 5.41) is 0.677. The number of rotatable bonds is 6. The van der Waals surface area contributed by atoms with Crippen molar-refractivity contribution in [1.29, 1.82) is 0 Å². The van der Waals surface area contributed by atoms with Crippen LogP contribution in [0.5, 0.6) is 0 Å². The lowest BCUT2D eigenvalue weighted by atomic mass is 9.73. The fourth-order valence-electron chi connectivity index (χ4n) is 4.27. The Hall–Kier alpha value is -1.63. The number of piperidine rings is 1. The molecule has 2 saturated heterocycles. The third kappa shape index (κ3) is 5.30. The maximum absolute atomic E-state index is 13.0. The molecule has 0 spiro atoms. The highest BCUT2D eigenvalue weighted by Crippen LogP contribution is 2.37. The van der Waals surface area contributed by atoms with Gasteiger partial charge in [0.1, 0.15) is 0 Å². The van der Waals surface area contributed by atoms with Gasteiger partial charge in [0, 0.05) is 31.2 Å². The third-order valence-corrected chi connectivity index (χ3v) is 6.40. The Kier molecular flexibility index (Phi) is 7.55. The van der Waals surface area contributed by atoms with Crippen molar-refractivity contribution >= 4 is 23.5 Å². The van der Waals surface area contributed by atoms with Crippen molar-refractivity contribution < 1.29 is 19.1 Å². The highest BCUT2D eigenvalue weighted by atomic mass is 35.5. The van der Waals surface area contributed by atoms with E-state index in [4.69, 9.17) is 21.1 Å². The van der Waals surface area contributed by atoms with Crippen LogP contribution in [0.1, 0.15) is 32.3 Å². The molecule has 0 aliphatic carbocycles. The molecule has 0 N–H and O–H groups in total. The summed E-state index contributed by atoms with van der Waals surface area (Å²) in [4.78, 5) is 30.0. The second kappa shape index (κ2) is 9.92. The number of carbonyl (C=O) groups excluding carboxylic acids is 2. The van der Waals surface area contributed by atoms with Crippen LogP contribution in [-0.4, -0.2) is 73.7 Å². The number of hydrogen-bond donors (Lipinski definition) is 0. The lowest BCUT2D eigenvalue weighted by Gasteiger charge is -2.42. The number of carbonyl (C=O) groups is 2. The first-order valence-corrected chi connectivity index (χ1v) is 10.9. The van der Waals surface area contributed by atoms with Crippen LogP contribution in [0.15, 0.2) is 24.3 Å². The molecular weight excluding hydrogens is 392 g/mol. The Morgan fingerprint density at radius 3 is 2.34 bits per heavy atom. The van der Waals surface area contributed by atoms with Gasteiger partial charge in [-0.2, -0.15) is 0 Å². The molecule has 1 aromatic carbocycles. The van der Waals surface area contributed by atoms with E-state index in [0.717, 1.165) is 18.7 Å². The number of hydrogen-bond acceptors (Lipinski definition) is 5. The topological polar surface area (TPSA) is 59.1 Å². The lowest BCUT2D eigenvalue weighted by molar-refractivity contribution is -0.161. The van der Waals surface area contributed by atoms with E-state index in [2.05, 4.69) is 4.90 Å². The third-order valence-electron chi connectivity index (χ3n) is 6.15. The summed E-state index contributed by atoms with van der Waals surface area (Å²) < 4.78 is 10.8. The standard InChI is InChI=1S/C22H31ClN2O4/c1-3-29-21(27)22(16-18-4-6-19(23)7-5-18)8-10-25(11-9-22)20(26)17(2)24-12-14-28-15-13-24/h4-7,17H,3,8-16H2,1-2H3/t17-/m1/s1. The van der Waals surface area contributed by atoms with E-state index < -0.39 is 5.41 Å². The van der Waals surface area contributed by atoms with Gasteiger partial charge in [-0.25, -0.2) is 0 Å². The van der Waals surface area contributed by atoms with Gasteiger partial charge >= 0.3 is 5.97 Å². The van der Waals surface area contributed by atoms with Gasteiger partial charge in [0.05, 0.1) is 31.3 Å². The largest absolute Gasteiger partial charge is 0.466 e. The summed E-state index contributed by atoms with van der Waals surface area (Å²) in [6, 6.07) is 7.45. The van der Waals surface area contributed by atoms with E-state index in [1.165, 1.54) is 0 Å². The number of halogens is 1. The Bertz CT molecular complexity index is 695. The highest BCUT2D eigenvalue weighted by molar-refractivity contribution is 6.30. The van der Waals surface area contributed by atoms with Crippen molar-refractivity contribution in [1.82, 2.24) is 9.80 Å². The van der Waals surface area contributed by atoms with Crippen LogP contribution in [0.2, 0.25) is 5.02 Å². The van der Waals surface area contributed by atoms with Gasteiger partial charge in [-0.1, -0.05) is 23.7 Å². The van der Waals surface area contributed by atoms with Crippen molar-refractivity contribution in [2.24, 2.45) is 5.41 Å². The van der Waals surface area contributed by atoms with Crippen LogP contribution in [0.3, 0.4) is 0 Å². The molecule has 0 radical (unpaired) electrons. The quantitative estimate of drug-likeness (QED) is 0.660. The minimum Gasteiger partial charge on any atom is -0.466 e. The van der Waals surface area contributed by atoms with Gasteiger partial charge < -0.3 is 14.4 Å². The van der Waals surface area contributed by atoms with Crippen molar-refractivity contribution in [2.75, 3.05) is 46.0 Å². The Labute approximate surface area is 178 Å². The van der Waals surface area contributed by atoms with E-state index in [0.29, 0.717) is 57.2 Å². The zero-order valence-electron chi connectivity index (χ0n) is 17.4. The first-order valence-electron chi connectivity index (χ1n) is 10.5. The average Bonchev–Trinajstić information content (AvgIpc) is 2.75. The molecule has 2 heterocycles. The maximum atomic E-state index is 13.0. The molecule has 7 heteroatoms. The minimum atomic E-state index is -0.594. The van der Waals surface area contributed by atoms with Gasteiger partial charge in [-0.3, -0.25) is 14.5 Å². The molecule has 0 bridgehead atoms. The van der Waals surface area contributed by atoms with E-state index in [1.807, 2.05) is 43.0 Å². The molecule has 1 amide bonds. The van der Waals surface area contributed by atoms with Gasteiger partial charge in [0.25, 0.3) is 0 Å². The summed E-state index contributed by atoms with van der Waals surface area (Å²) in [5.74, 6) is -0.0286. The SMILES string of the molecule is CCOC(=O)C1(Cc2ccc(Cl)cc2)CCN(C(=O)[C@@H](C)N2CCOCC2)CC1. The van der Waals surface area contributed by atoms with Crippen molar-refractivity contribution in [3.63, 3.8) is 0 Å². The number of nitrogens with zero attached hydrogens (tertiary/aromatic N) is 2. The number of morpholine rings is 1. The van der Waals surface area contributed by atoms with E-state index in [-0.39, 0.29) is 17.9 Å². The van der Waals surface area contributed by atoms with E-state index in [9.17, 15) is 9.59 Å². The highest BCUT2D eigenvalue weighted by Gasteiger charge is 2.44. The number of benzene rings is 1. The van der Waals surface area contributed by atoms with Gasteiger partial charge in [-0.15, -0.1) is 0 Å². The van der Waals surface area contributed by atoms with E-state index in [1.54, 1.807) is 0 Å². The number of amides is 1. The number of likely N-dealkylation sites (tertiary alicyclic amines) is 1. The first kappa shape index (κ1) is 22.1. The van der Waals surface area contributed by atoms with Gasteiger partial charge in [0.2, 0.25) is 5.91 Å². The van der Waals surface area contributed by atoms with Crippen LogP contribution in [0, 0.1) is 5.41 Å². The normalized spacial score (nSPS) is 20.9. The van der Waals surface area contributed by atoms with E-state index >= 15 is 0 Å². The second-order valence-corrected chi connectivity index (χ2v) is 8.39. The molecule has 2 fully saturated rings. The van der Waals surface area contributed by atoms with Crippen LogP contribution in [0.4, 0.5) is 0 Å². The zero-order valence-corrected chi connectivity index (χ0v) is 18.1. The van der Waals surface area contributed by atoms with Crippen LogP contribution in [0.25, 0.3) is 0 Å². The van der Waals surface area contributed by atoms with Gasteiger partial charge in [-0.05, 0) is 50.8 Å². The molecule has 2 aliphatic rings. The summed E-state index contributed by atoms with van der Waals surface area (Å²) in [6.45, 7) is 8.20. The number of esters is 1. The lowest BCUT2D eigenvalue weighted by Crippen LogP contribution is -2.54. The molecule has 1 atom stereocenters. The zero-order chi connectivity index (χ0) is 20.9. The smallest absolute Gasteiger partial charge is 0.312 e. The predicted octanol–water partition coefficient (Wildman–Crippen LogP) is 2.78. The summed E-state index contributed by atoms with van der Waals surface area (Å²) in [7, 11) is 0. The van der Waals surface area contributed by atoms with Crippen LogP contribution in [-0.2, 0) is 25.5 Å². The second-order valence-electron chi connectivity index (χ2n) is 7.95. The fraction of sp³-hybridized carbons (Fsp3) is 0.636. The molecule has 0 aromatic heterocycles. The molecular formula is C22H31ClN2O4. The van der Waals surface area contributed by atoms with Crippen LogP contribution < -0.4 is 0 Å². The molecule has 2 aliphatic heterocycles. The van der Waals surface area contributed by atoms with Crippen LogP contribution >= 0.6 is 11.6 Å². The number of ether oxygens (including phenoxy) is 2. The Morgan fingerprint density at radius 2 is 1.76 bits per heavy atom. The maximum Gasteiger partial charge on any atom is 0.312 e. The molecule has 29 heavy (non-hydrogen) atoms. The molecule has 0 unspecified atom stereocenters. The molecule has 3 rings (SSSR count). The summed E-state index contributed by atoms with van der Waals surface area (Å²) >= 11 is 6.00. The predicted molar refractivity (Wildman–Crippen MR) is 112 cm³/mol. The molecule has 160 valence electrons. The van der Waals surface area contributed by atoms with Crippen molar-refractivity contribution in [3.05, 3.63) is 34.9 Å². The monoisotopic (exact) mass is 422 g/mol. The average molecular weight is 423 g/mol. The van der Waals surface area contributed by atoms with Crippen molar-refractivity contribution in [2.45, 2.75) is 39.2 Å². The fourth-order valence-corrected chi connectivity index (χ4v) is 4.40. The summed E-state index contributed by atoms with van der Waals surface area (Å²) in [6.07, 6.45) is 1.82. The molecule has 0 saturated carbocycles. The molecule has 6 nitrogen and oxygen atoms in total. The Balaban J connectivity index is 1.67. The first-order chi connectivity index (χ1) is 13.9. The minimum absolute atomic E-state index is 0.135. The molecule has 1 aromatic rings. The Morgan fingerprint density at radius 1 is 1.14 bits per heavy atom. The van der Waals surface area contributed by atoms with Crippen molar-refractivity contribution in [3.8, 4) is 0 Å². The summed E-state index contributed by atoms with van der Waals surface area (Å²) in [5.41, 5.74) is 0.465.